The first-order chi connectivity index (χ1) is 5.87. The van der Waals surface area contributed by atoms with Crippen molar-refractivity contribution in [3.8, 4) is 0 Å². The summed E-state index contributed by atoms with van der Waals surface area (Å²) >= 11 is 0. The zero-order valence-electron chi connectivity index (χ0n) is 8.12. The highest BCUT2D eigenvalue weighted by atomic mass is 32.2. The van der Waals surface area contributed by atoms with Crippen molar-refractivity contribution in [2.45, 2.75) is 26.3 Å². The van der Waals surface area contributed by atoms with Crippen molar-refractivity contribution in [3.05, 3.63) is 0 Å². The van der Waals surface area contributed by atoms with Crippen LogP contribution in [0.1, 0.15) is 20.3 Å². The molecule has 0 aromatic heterocycles. The molecule has 1 atom stereocenters. The first-order valence-electron chi connectivity index (χ1n) is 4.12. The van der Waals surface area contributed by atoms with Crippen molar-refractivity contribution in [1.82, 2.24) is 10.0 Å². The Labute approximate surface area is 79.0 Å². The van der Waals surface area contributed by atoms with Gasteiger partial charge in [-0.15, -0.1) is 0 Å². The molecule has 0 aromatic rings. The molecule has 0 rings (SSSR count). The molecule has 78 valence electrons. The van der Waals surface area contributed by atoms with E-state index in [1.54, 1.807) is 0 Å². The SMILES string of the molecule is CCCNC(=O)C(C)NS(C)(=O)=O. The van der Waals surface area contributed by atoms with Gasteiger partial charge in [0.15, 0.2) is 0 Å². The first-order valence-corrected chi connectivity index (χ1v) is 6.01. The van der Waals surface area contributed by atoms with Crippen LogP contribution in [0.2, 0.25) is 0 Å². The number of hydrogen-bond acceptors (Lipinski definition) is 3. The van der Waals surface area contributed by atoms with Gasteiger partial charge < -0.3 is 5.32 Å². The van der Waals surface area contributed by atoms with Crippen LogP contribution in [-0.2, 0) is 14.8 Å². The van der Waals surface area contributed by atoms with Gasteiger partial charge in [0, 0.05) is 6.54 Å². The standard InChI is InChI=1S/C7H16N2O3S/c1-4-5-8-7(10)6(2)9-13(3,11)12/h6,9H,4-5H2,1-3H3,(H,8,10). The lowest BCUT2D eigenvalue weighted by atomic mass is 10.3. The minimum Gasteiger partial charge on any atom is -0.355 e. The lowest BCUT2D eigenvalue weighted by Crippen LogP contribution is -2.44. The van der Waals surface area contributed by atoms with Crippen LogP contribution in [0.4, 0.5) is 0 Å². The molecule has 0 aromatic carbocycles. The summed E-state index contributed by atoms with van der Waals surface area (Å²) < 4.78 is 23.6. The zero-order chi connectivity index (χ0) is 10.5. The number of carbonyl (C=O) groups excluding carboxylic acids is 1. The highest BCUT2D eigenvalue weighted by Gasteiger charge is 2.15. The average Bonchev–Trinajstić information content (AvgIpc) is 1.96. The molecule has 0 heterocycles. The summed E-state index contributed by atoms with van der Waals surface area (Å²) in [6.45, 7) is 4.00. The Kier molecular flexibility index (Phi) is 4.94. The Morgan fingerprint density at radius 2 is 2.00 bits per heavy atom. The van der Waals surface area contributed by atoms with Gasteiger partial charge in [-0.25, -0.2) is 13.1 Å². The Hall–Kier alpha value is -0.620. The Morgan fingerprint density at radius 3 is 2.38 bits per heavy atom. The summed E-state index contributed by atoms with van der Waals surface area (Å²) in [5, 5.41) is 2.59. The van der Waals surface area contributed by atoms with Gasteiger partial charge in [0.25, 0.3) is 0 Å². The van der Waals surface area contributed by atoms with Gasteiger partial charge in [-0.1, -0.05) is 6.92 Å². The molecular formula is C7H16N2O3S. The third kappa shape index (κ3) is 6.53. The smallest absolute Gasteiger partial charge is 0.237 e. The lowest BCUT2D eigenvalue weighted by Gasteiger charge is -2.11. The van der Waals surface area contributed by atoms with E-state index in [9.17, 15) is 13.2 Å². The van der Waals surface area contributed by atoms with Gasteiger partial charge in [-0.2, -0.15) is 0 Å². The van der Waals surface area contributed by atoms with Crippen molar-refractivity contribution in [1.29, 1.82) is 0 Å². The van der Waals surface area contributed by atoms with E-state index in [4.69, 9.17) is 0 Å². The monoisotopic (exact) mass is 208 g/mol. The maximum absolute atomic E-state index is 11.1. The Morgan fingerprint density at radius 1 is 1.46 bits per heavy atom. The van der Waals surface area contributed by atoms with Crippen molar-refractivity contribution in [2.24, 2.45) is 0 Å². The van der Waals surface area contributed by atoms with Gasteiger partial charge in [0.05, 0.1) is 12.3 Å². The zero-order valence-corrected chi connectivity index (χ0v) is 8.94. The highest BCUT2D eigenvalue weighted by molar-refractivity contribution is 7.88. The molecule has 0 bridgehead atoms. The summed E-state index contributed by atoms with van der Waals surface area (Å²) in [4.78, 5) is 11.1. The molecule has 0 aliphatic carbocycles. The molecule has 0 saturated carbocycles. The van der Waals surface area contributed by atoms with E-state index in [2.05, 4.69) is 10.0 Å². The molecule has 0 aliphatic heterocycles. The highest BCUT2D eigenvalue weighted by Crippen LogP contribution is 1.86. The quantitative estimate of drug-likeness (QED) is 0.636. The van der Waals surface area contributed by atoms with Crippen LogP contribution in [0, 0.1) is 0 Å². The average molecular weight is 208 g/mol. The molecule has 0 radical (unpaired) electrons. The third-order valence-electron chi connectivity index (χ3n) is 1.33. The molecule has 1 unspecified atom stereocenters. The van der Waals surface area contributed by atoms with Crippen molar-refractivity contribution < 1.29 is 13.2 Å². The van der Waals surface area contributed by atoms with Gasteiger partial charge in [0.2, 0.25) is 15.9 Å². The van der Waals surface area contributed by atoms with Crippen LogP contribution in [0.3, 0.4) is 0 Å². The third-order valence-corrected chi connectivity index (χ3v) is 2.12. The van der Waals surface area contributed by atoms with Gasteiger partial charge in [-0.05, 0) is 13.3 Å². The van der Waals surface area contributed by atoms with Crippen molar-refractivity contribution in [2.75, 3.05) is 12.8 Å². The maximum atomic E-state index is 11.1. The second-order valence-electron chi connectivity index (χ2n) is 2.90. The molecule has 6 heteroatoms. The first kappa shape index (κ1) is 12.4. The molecule has 1 amide bonds. The number of rotatable bonds is 5. The van der Waals surface area contributed by atoms with E-state index in [-0.39, 0.29) is 5.91 Å². The number of hydrogen-bond donors (Lipinski definition) is 2. The van der Waals surface area contributed by atoms with E-state index in [0.29, 0.717) is 6.54 Å². The summed E-state index contributed by atoms with van der Waals surface area (Å²) in [6.07, 6.45) is 1.86. The second-order valence-corrected chi connectivity index (χ2v) is 4.68. The molecule has 5 nitrogen and oxygen atoms in total. The lowest BCUT2D eigenvalue weighted by molar-refractivity contribution is -0.122. The van der Waals surface area contributed by atoms with E-state index < -0.39 is 16.1 Å². The fourth-order valence-electron chi connectivity index (χ4n) is 0.776. The predicted octanol–water partition coefficient (Wildman–Crippen LogP) is -0.550. The number of nitrogens with one attached hydrogen (secondary N) is 2. The minimum absolute atomic E-state index is 0.299. The molecule has 0 saturated heterocycles. The van der Waals surface area contributed by atoms with E-state index in [0.717, 1.165) is 12.7 Å². The van der Waals surface area contributed by atoms with Gasteiger partial charge in [-0.3, -0.25) is 4.79 Å². The van der Waals surface area contributed by atoms with Gasteiger partial charge >= 0.3 is 0 Å². The van der Waals surface area contributed by atoms with Crippen LogP contribution in [0.15, 0.2) is 0 Å². The minimum atomic E-state index is -3.30. The summed E-state index contributed by atoms with van der Waals surface area (Å²) in [5.41, 5.74) is 0. The molecular weight excluding hydrogens is 192 g/mol. The van der Waals surface area contributed by atoms with Crippen LogP contribution in [0.25, 0.3) is 0 Å². The topological polar surface area (TPSA) is 75.3 Å². The summed E-state index contributed by atoms with van der Waals surface area (Å²) in [7, 11) is -3.30. The summed E-state index contributed by atoms with van der Waals surface area (Å²) in [6, 6.07) is -0.707. The summed E-state index contributed by atoms with van der Waals surface area (Å²) in [5.74, 6) is -0.299. The number of amides is 1. The molecule has 0 fully saturated rings. The molecule has 13 heavy (non-hydrogen) atoms. The van der Waals surface area contributed by atoms with Gasteiger partial charge in [0.1, 0.15) is 0 Å². The van der Waals surface area contributed by atoms with Crippen LogP contribution in [-0.4, -0.2) is 33.2 Å². The second kappa shape index (κ2) is 5.18. The van der Waals surface area contributed by atoms with E-state index >= 15 is 0 Å². The Balaban J connectivity index is 3.97. The van der Waals surface area contributed by atoms with E-state index in [1.807, 2.05) is 6.92 Å². The fraction of sp³-hybridized carbons (Fsp3) is 0.857. The predicted molar refractivity (Wildman–Crippen MR) is 50.7 cm³/mol. The maximum Gasteiger partial charge on any atom is 0.237 e. The molecule has 0 aliphatic rings. The van der Waals surface area contributed by atoms with Crippen LogP contribution < -0.4 is 10.0 Å². The van der Waals surface area contributed by atoms with Crippen LogP contribution >= 0.6 is 0 Å². The van der Waals surface area contributed by atoms with Crippen molar-refractivity contribution in [3.63, 3.8) is 0 Å². The molecule has 2 N–H and O–H groups in total. The fourth-order valence-corrected chi connectivity index (χ4v) is 1.53. The number of carbonyl (C=O) groups is 1. The largest absolute Gasteiger partial charge is 0.355 e. The van der Waals surface area contributed by atoms with E-state index in [1.165, 1.54) is 6.92 Å². The number of sulfonamides is 1. The molecule has 0 spiro atoms. The Bertz CT molecular complexity index is 261. The van der Waals surface area contributed by atoms with Crippen LogP contribution in [0.5, 0.6) is 0 Å². The van der Waals surface area contributed by atoms with Crippen molar-refractivity contribution >= 4 is 15.9 Å². The normalized spacial score (nSPS) is 13.8.